The van der Waals surface area contributed by atoms with Gasteiger partial charge in [-0.25, -0.2) is 26.3 Å². The van der Waals surface area contributed by atoms with E-state index in [0.717, 1.165) is 0 Å². The van der Waals surface area contributed by atoms with E-state index in [-0.39, 0.29) is 12.3 Å². The first-order chi connectivity index (χ1) is 8.27. The molecular formula is C9H20N2O5S2. The lowest BCUT2D eigenvalue weighted by Gasteiger charge is -2.30. The number of primary sulfonamides is 1. The Hall–Kier alpha value is -0.220. The molecule has 1 fully saturated rings. The van der Waals surface area contributed by atoms with Crippen LogP contribution in [0.5, 0.6) is 0 Å². The Morgan fingerprint density at radius 1 is 1.33 bits per heavy atom. The lowest BCUT2D eigenvalue weighted by Crippen LogP contribution is -2.47. The van der Waals surface area contributed by atoms with E-state index in [1.165, 1.54) is 11.4 Å². The van der Waals surface area contributed by atoms with Crippen LogP contribution in [0.4, 0.5) is 0 Å². The van der Waals surface area contributed by atoms with Crippen LogP contribution in [0.15, 0.2) is 0 Å². The van der Waals surface area contributed by atoms with E-state index in [0.29, 0.717) is 32.4 Å². The summed E-state index contributed by atoms with van der Waals surface area (Å²) in [5.41, 5.74) is 0. The Labute approximate surface area is 108 Å². The molecule has 0 aliphatic carbocycles. The molecule has 108 valence electrons. The maximum atomic E-state index is 12.0. The molecule has 0 amide bonds. The molecule has 0 aromatic carbocycles. The minimum Gasteiger partial charge on any atom is -0.385 e. The molecule has 0 aromatic heterocycles. The molecule has 1 heterocycles. The van der Waals surface area contributed by atoms with Crippen LogP contribution in [-0.2, 0) is 24.8 Å². The van der Waals surface area contributed by atoms with Gasteiger partial charge in [0.15, 0.2) is 0 Å². The van der Waals surface area contributed by atoms with Crippen LogP contribution in [0.2, 0.25) is 0 Å². The van der Waals surface area contributed by atoms with Crippen molar-refractivity contribution in [3.63, 3.8) is 0 Å². The molecule has 7 nitrogen and oxygen atoms in total. The standard InChI is InChI=1S/C9H20N2O5S2/c1-16-6-3-7-17(12,13)11-5-2-4-9(8-11)18(10,14)15/h9H,2-8H2,1H3,(H2,10,14,15). The number of nitrogens with two attached hydrogens (primary N) is 1. The molecule has 2 N–H and O–H groups in total. The van der Waals surface area contributed by atoms with Gasteiger partial charge < -0.3 is 4.74 Å². The Morgan fingerprint density at radius 2 is 2.00 bits per heavy atom. The second kappa shape index (κ2) is 6.29. The molecule has 0 saturated carbocycles. The molecule has 1 aliphatic rings. The van der Waals surface area contributed by atoms with Crippen LogP contribution in [-0.4, -0.2) is 58.9 Å². The Bertz CT molecular complexity index is 459. The fraction of sp³-hybridized carbons (Fsp3) is 1.00. The van der Waals surface area contributed by atoms with Gasteiger partial charge in [-0.05, 0) is 19.3 Å². The van der Waals surface area contributed by atoms with Crippen molar-refractivity contribution in [2.24, 2.45) is 5.14 Å². The molecule has 1 aliphatic heterocycles. The van der Waals surface area contributed by atoms with Gasteiger partial charge in [0.05, 0.1) is 11.0 Å². The summed E-state index contributed by atoms with van der Waals surface area (Å²) >= 11 is 0. The minimum absolute atomic E-state index is 0.0296. The number of ether oxygens (including phenoxy) is 1. The topological polar surface area (TPSA) is 107 Å². The highest BCUT2D eigenvalue weighted by molar-refractivity contribution is 7.90. The highest BCUT2D eigenvalue weighted by atomic mass is 32.2. The van der Waals surface area contributed by atoms with Gasteiger partial charge in [-0.15, -0.1) is 0 Å². The number of hydrogen-bond donors (Lipinski definition) is 1. The molecule has 1 saturated heterocycles. The summed E-state index contributed by atoms with van der Waals surface area (Å²) in [6.45, 7) is 0.696. The highest BCUT2D eigenvalue weighted by Gasteiger charge is 2.33. The zero-order valence-corrected chi connectivity index (χ0v) is 12.0. The van der Waals surface area contributed by atoms with E-state index in [1.54, 1.807) is 0 Å². The smallest absolute Gasteiger partial charge is 0.214 e. The predicted octanol–water partition coefficient (Wildman–Crippen LogP) is -0.894. The lowest BCUT2D eigenvalue weighted by molar-refractivity contribution is 0.199. The molecule has 18 heavy (non-hydrogen) atoms. The molecule has 1 rings (SSSR count). The normalized spacial score (nSPS) is 23.1. The van der Waals surface area contributed by atoms with Crippen molar-refractivity contribution < 1.29 is 21.6 Å². The summed E-state index contributed by atoms with van der Waals surface area (Å²) < 4.78 is 52.5. The molecule has 0 aromatic rings. The van der Waals surface area contributed by atoms with Crippen molar-refractivity contribution in [2.45, 2.75) is 24.5 Å². The summed E-state index contributed by atoms with van der Waals surface area (Å²) in [5.74, 6) is -0.0296. The van der Waals surface area contributed by atoms with Gasteiger partial charge >= 0.3 is 0 Å². The van der Waals surface area contributed by atoms with Crippen molar-refractivity contribution in [1.82, 2.24) is 4.31 Å². The highest BCUT2D eigenvalue weighted by Crippen LogP contribution is 2.18. The first kappa shape index (κ1) is 15.8. The van der Waals surface area contributed by atoms with Crippen molar-refractivity contribution in [3.8, 4) is 0 Å². The van der Waals surface area contributed by atoms with Crippen molar-refractivity contribution in [2.75, 3.05) is 32.6 Å². The monoisotopic (exact) mass is 300 g/mol. The lowest BCUT2D eigenvalue weighted by atomic mass is 10.2. The molecule has 0 bridgehead atoms. The van der Waals surface area contributed by atoms with Gasteiger partial charge in [0.2, 0.25) is 20.0 Å². The van der Waals surface area contributed by atoms with Crippen LogP contribution < -0.4 is 5.14 Å². The fourth-order valence-corrected chi connectivity index (χ4v) is 4.47. The Balaban J connectivity index is 2.66. The summed E-state index contributed by atoms with van der Waals surface area (Å²) in [6, 6.07) is 0. The second-order valence-electron chi connectivity index (χ2n) is 4.37. The second-order valence-corrected chi connectivity index (χ2v) is 8.31. The van der Waals surface area contributed by atoms with E-state index in [2.05, 4.69) is 0 Å². The van der Waals surface area contributed by atoms with Crippen molar-refractivity contribution in [1.29, 1.82) is 0 Å². The van der Waals surface area contributed by atoms with E-state index < -0.39 is 25.3 Å². The van der Waals surface area contributed by atoms with Gasteiger partial charge in [0, 0.05) is 26.8 Å². The zero-order chi connectivity index (χ0) is 13.8. The molecule has 0 spiro atoms. The third-order valence-corrected chi connectivity index (χ3v) is 6.19. The number of nitrogens with zero attached hydrogens (tertiary/aromatic N) is 1. The summed E-state index contributed by atoms with van der Waals surface area (Å²) in [6.07, 6.45) is 1.34. The Kier molecular flexibility index (Phi) is 5.53. The van der Waals surface area contributed by atoms with Gasteiger partial charge in [-0.3, -0.25) is 0 Å². The maximum Gasteiger partial charge on any atom is 0.214 e. The van der Waals surface area contributed by atoms with E-state index in [4.69, 9.17) is 9.88 Å². The zero-order valence-electron chi connectivity index (χ0n) is 10.4. The third-order valence-electron chi connectivity index (χ3n) is 2.95. The number of rotatable bonds is 6. The molecular weight excluding hydrogens is 280 g/mol. The SMILES string of the molecule is COCCCS(=O)(=O)N1CCCC(S(N)(=O)=O)C1. The number of methoxy groups -OCH3 is 1. The van der Waals surface area contributed by atoms with Crippen LogP contribution in [0, 0.1) is 0 Å². The van der Waals surface area contributed by atoms with Gasteiger partial charge in [-0.2, -0.15) is 0 Å². The minimum atomic E-state index is -3.68. The predicted molar refractivity (Wildman–Crippen MR) is 68.0 cm³/mol. The molecule has 1 unspecified atom stereocenters. The number of sulfonamides is 2. The maximum absolute atomic E-state index is 12.0. The number of hydrogen-bond acceptors (Lipinski definition) is 5. The van der Waals surface area contributed by atoms with Gasteiger partial charge in [0.1, 0.15) is 0 Å². The quantitative estimate of drug-likeness (QED) is 0.640. The summed E-state index contributed by atoms with van der Waals surface area (Å²) in [7, 11) is -5.59. The average Bonchev–Trinajstić information content (AvgIpc) is 2.28. The van der Waals surface area contributed by atoms with E-state index in [9.17, 15) is 16.8 Å². The first-order valence-electron chi connectivity index (χ1n) is 5.76. The fourth-order valence-electron chi connectivity index (χ4n) is 1.94. The summed E-state index contributed by atoms with van der Waals surface area (Å²) in [5, 5.41) is 4.28. The van der Waals surface area contributed by atoms with Crippen LogP contribution in [0.25, 0.3) is 0 Å². The van der Waals surface area contributed by atoms with Crippen molar-refractivity contribution in [3.05, 3.63) is 0 Å². The molecule has 1 atom stereocenters. The summed E-state index contributed by atoms with van der Waals surface area (Å²) in [4.78, 5) is 0. The van der Waals surface area contributed by atoms with Crippen LogP contribution in [0.3, 0.4) is 0 Å². The molecule has 9 heteroatoms. The average molecular weight is 300 g/mol. The van der Waals surface area contributed by atoms with Gasteiger partial charge in [0.25, 0.3) is 0 Å². The van der Waals surface area contributed by atoms with E-state index >= 15 is 0 Å². The van der Waals surface area contributed by atoms with Gasteiger partial charge in [-0.1, -0.05) is 0 Å². The third kappa shape index (κ3) is 4.47. The van der Waals surface area contributed by atoms with Crippen molar-refractivity contribution >= 4 is 20.0 Å². The first-order valence-corrected chi connectivity index (χ1v) is 8.97. The Morgan fingerprint density at radius 3 is 2.56 bits per heavy atom. The molecule has 0 radical (unpaired) electrons. The van der Waals surface area contributed by atoms with Crippen LogP contribution >= 0.6 is 0 Å². The van der Waals surface area contributed by atoms with Crippen LogP contribution in [0.1, 0.15) is 19.3 Å². The number of piperidine rings is 1. The largest absolute Gasteiger partial charge is 0.385 e. The van der Waals surface area contributed by atoms with E-state index in [1.807, 2.05) is 0 Å².